The van der Waals surface area contributed by atoms with Gasteiger partial charge in [0, 0.05) is 12.0 Å². The number of ether oxygens (including phenoxy) is 2. The molecule has 0 atom stereocenters. The van der Waals surface area contributed by atoms with Crippen molar-refractivity contribution < 1.29 is 13.9 Å². The van der Waals surface area contributed by atoms with E-state index in [1.807, 2.05) is 55.5 Å². The zero-order chi connectivity index (χ0) is 16.1. The summed E-state index contributed by atoms with van der Waals surface area (Å²) in [4.78, 5) is 0. The maximum absolute atomic E-state index is 5.84. The Morgan fingerprint density at radius 1 is 1.00 bits per heavy atom. The minimum absolute atomic E-state index is 0.481. The summed E-state index contributed by atoms with van der Waals surface area (Å²) < 4.78 is 16.8. The Labute approximate surface area is 134 Å². The second kappa shape index (κ2) is 6.96. The SMILES string of the molecule is CCc1nnc(-c2ccc(OCc3ccccc3)c(OC)c2)o1. The Balaban J connectivity index is 1.79. The van der Waals surface area contributed by atoms with Crippen LogP contribution in [-0.4, -0.2) is 17.3 Å². The Morgan fingerprint density at radius 3 is 2.52 bits per heavy atom. The molecule has 0 amide bonds. The standard InChI is InChI=1S/C18H18N2O3/c1-3-17-19-20-18(23-17)14-9-10-15(16(11-14)21-2)22-12-13-7-5-4-6-8-13/h4-11H,3,12H2,1-2H3. The van der Waals surface area contributed by atoms with Crippen LogP contribution in [0.25, 0.3) is 11.5 Å². The van der Waals surface area contributed by atoms with Gasteiger partial charge in [-0.2, -0.15) is 0 Å². The molecule has 0 spiro atoms. The van der Waals surface area contributed by atoms with Gasteiger partial charge < -0.3 is 13.9 Å². The number of rotatable bonds is 6. The van der Waals surface area contributed by atoms with Gasteiger partial charge >= 0.3 is 0 Å². The van der Waals surface area contributed by atoms with E-state index in [0.29, 0.717) is 36.3 Å². The van der Waals surface area contributed by atoms with Gasteiger partial charge in [-0.3, -0.25) is 0 Å². The van der Waals surface area contributed by atoms with Crippen molar-refractivity contribution in [3.05, 3.63) is 60.0 Å². The number of aromatic nitrogens is 2. The molecule has 3 aromatic rings. The minimum atomic E-state index is 0.481. The van der Waals surface area contributed by atoms with Crippen molar-refractivity contribution in [3.8, 4) is 23.0 Å². The normalized spacial score (nSPS) is 10.5. The van der Waals surface area contributed by atoms with Crippen LogP contribution in [0, 0.1) is 0 Å². The predicted octanol–water partition coefficient (Wildman–Crippen LogP) is 3.89. The molecular formula is C18H18N2O3. The summed E-state index contributed by atoms with van der Waals surface area (Å²) >= 11 is 0. The van der Waals surface area contributed by atoms with E-state index in [-0.39, 0.29) is 0 Å². The fourth-order valence-electron chi connectivity index (χ4n) is 2.17. The molecule has 0 saturated heterocycles. The molecule has 3 rings (SSSR count). The van der Waals surface area contributed by atoms with Gasteiger partial charge in [-0.15, -0.1) is 10.2 Å². The van der Waals surface area contributed by atoms with Crippen LogP contribution in [0.4, 0.5) is 0 Å². The van der Waals surface area contributed by atoms with Gasteiger partial charge in [-0.05, 0) is 23.8 Å². The Kier molecular flexibility index (Phi) is 4.57. The zero-order valence-electron chi connectivity index (χ0n) is 13.2. The van der Waals surface area contributed by atoms with E-state index in [4.69, 9.17) is 13.9 Å². The third kappa shape index (κ3) is 3.51. The molecule has 2 aromatic carbocycles. The van der Waals surface area contributed by atoms with E-state index in [1.165, 1.54) is 0 Å². The van der Waals surface area contributed by atoms with E-state index >= 15 is 0 Å². The molecule has 1 aromatic heterocycles. The topological polar surface area (TPSA) is 57.4 Å². The molecule has 0 aliphatic carbocycles. The quantitative estimate of drug-likeness (QED) is 0.691. The van der Waals surface area contributed by atoms with Gasteiger partial charge in [-0.1, -0.05) is 37.3 Å². The number of aryl methyl sites for hydroxylation is 1. The van der Waals surface area contributed by atoms with Gasteiger partial charge in [0.05, 0.1) is 7.11 Å². The molecule has 0 saturated carbocycles. The van der Waals surface area contributed by atoms with Crippen LogP contribution < -0.4 is 9.47 Å². The highest BCUT2D eigenvalue weighted by molar-refractivity contribution is 5.59. The summed E-state index contributed by atoms with van der Waals surface area (Å²) in [7, 11) is 1.61. The summed E-state index contributed by atoms with van der Waals surface area (Å²) in [6, 6.07) is 15.6. The van der Waals surface area contributed by atoms with Crippen molar-refractivity contribution in [2.75, 3.05) is 7.11 Å². The molecule has 0 fully saturated rings. The Hall–Kier alpha value is -2.82. The lowest BCUT2D eigenvalue weighted by molar-refractivity contribution is 0.284. The molecule has 23 heavy (non-hydrogen) atoms. The summed E-state index contributed by atoms with van der Waals surface area (Å²) in [5.41, 5.74) is 1.91. The van der Waals surface area contributed by atoms with Gasteiger partial charge in [0.2, 0.25) is 11.8 Å². The molecule has 0 aliphatic rings. The molecule has 0 radical (unpaired) electrons. The second-order valence-corrected chi connectivity index (χ2v) is 4.99. The van der Waals surface area contributed by atoms with Crippen molar-refractivity contribution in [1.82, 2.24) is 10.2 Å². The highest BCUT2D eigenvalue weighted by Gasteiger charge is 2.12. The van der Waals surface area contributed by atoms with Gasteiger partial charge in [0.25, 0.3) is 0 Å². The number of hydrogen-bond donors (Lipinski definition) is 0. The summed E-state index contributed by atoms with van der Waals surface area (Å²) in [6.07, 6.45) is 0.711. The van der Waals surface area contributed by atoms with Crippen molar-refractivity contribution in [2.45, 2.75) is 20.0 Å². The monoisotopic (exact) mass is 310 g/mol. The molecule has 0 unspecified atom stereocenters. The molecular weight excluding hydrogens is 292 g/mol. The van der Waals surface area contributed by atoms with E-state index in [9.17, 15) is 0 Å². The smallest absolute Gasteiger partial charge is 0.247 e. The van der Waals surface area contributed by atoms with E-state index in [2.05, 4.69) is 10.2 Å². The number of methoxy groups -OCH3 is 1. The van der Waals surface area contributed by atoms with Crippen LogP contribution >= 0.6 is 0 Å². The van der Waals surface area contributed by atoms with Crippen molar-refractivity contribution >= 4 is 0 Å². The maximum Gasteiger partial charge on any atom is 0.247 e. The molecule has 0 aliphatic heterocycles. The predicted molar refractivity (Wildman–Crippen MR) is 86.4 cm³/mol. The average Bonchev–Trinajstić information content (AvgIpc) is 3.10. The third-order valence-electron chi connectivity index (χ3n) is 3.42. The molecule has 5 nitrogen and oxygen atoms in total. The van der Waals surface area contributed by atoms with Crippen LogP contribution in [0.1, 0.15) is 18.4 Å². The van der Waals surface area contributed by atoms with Gasteiger partial charge in [0.1, 0.15) is 6.61 Å². The van der Waals surface area contributed by atoms with Crippen molar-refractivity contribution in [1.29, 1.82) is 0 Å². The first-order valence-electron chi connectivity index (χ1n) is 7.47. The lowest BCUT2D eigenvalue weighted by Gasteiger charge is -2.11. The minimum Gasteiger partial charge on any atom is -0.493 e. The van der Waals surface area contributed by atoms with Crippen LogP contribution in [0.15, 0.2) is 52.9 Å². The zero-order valence-corrected chi connectivity index (χ0v) is 13.2. The second-order valence-electron chi connectivity index (χ2n) is 4.99. The Morgan fingerprint density at radius 2 is 1.83 bits per heavy atom. The fraction of sp³-hybridized carbons (Fsp3) is 0.222. The highest BCUT2D eigenvalue weighted by Crippen LogP contribution is 2.32. The Bertz CT molecular complexity index is 769. The molecule has 118 valence electrons. The van der Waals surface area contributed by atoms with Crippen molar-refractivity contribution in [2.24, 2.45) is 0 Å². The lowest BCUT2D eigenvalue weighted by atomic mass is 10.2. The summed E-state index contributed by atoms with van der Waals surface area (Å²) in [6.45, 7) is 2.45. The van der Waals surface area contributed by atoms with Crippen molar-refractivity contribution in [3.63, 3.8) is 0 Å². The molecule has 5 heteroatoms. The largest absolute Gasteiger partial charge is 0.493 e. The fourth-order valence-corrected chi connectivity index (χ4v) is 2.17. The lowest BCUT2D eigenvalue weighted by Crippen LogP contribution is -1.97. The first-order valence-corrected chi connectivity index (χ1v) is 7.47. The van der Waals surface area contributed by atoms with E-state index in [0.717, 1.165) is 11.1 Å². The average molecular weight is 310 g/mol. The van der Waals surface area contributed by atoms with Crippen LogP contribution in [0.5, 0.6) is 11.5 Å². The number of nitrogens with zero attached hydrogens (tertiary/aromatic N) is 2. The number of hydrogen-bond acceptors (Lipinski definition) is 5. The first-order chi connectivity index (χ1) is 11.3. The van der Waals surface area contributed by atoms with Gasteiger partial charge in [-0.25, -0.2) is 0 Å². The van der Waals surface area contributed by atoms with Gasteiger partial charge in [0.15, 0.2) is 11.5 Å². The van der Waals surface area contributed by atoms with Crippen LogP contribution in [-0.2, 0) is 13.0 Å². The molecule has 1 heterocycles. The highest BCUT2D eigenvalue weighted by atomic mass is 16.5. The van der Waals surface area contributed by atoms with Crippen LogP contribution in [0.2, 0.25) is 0 Å². The third-order valence-corrected chi connectivity index (χ3v) is 3.42. The van der Waals surface area contributed by atoms with E-state index in [1.54, 1.807) is 7.11 Å². The first kappa shape index (κ1) is 15.1. The summed E-state index contributed by atoms with van der Waals surface area (Å²) in [5.74, 6) is 2.41. The summed E-state index contributed by atoms with van der Waals surface area (Å²) in [5, 5.41) is 8.02. The number of benzene rings is 2. The maximum atomic E-state index is 5.84. The molecule has 0 N–H and O–H groups in total. The van der Waals surface area contributed by atoms with Crippen LogP contribution in [0.3, 0.4) is 0 Å². The molecule has 0 bridgehead atoms. The van der Waals surface area contributed by atoms with E-state index < -0.39 is 0 Å².